The molecule has 1 fully saturated rings. The number of rotatable bonds is 7. The molecule has 1 aliphatic rings. The summed E-state index contributed by atoms with van der Waals surface area (Å²) in [6, 6.07) is 0. The van der Waals surface area contributed by atoms with Crippen molar-refractivity contribution in [2.75, 3.05) is 21.1 Å². The standard InChI is InChI=1S/C14H24N2OS3/c1-6-7-11(10-12(17)20-15(3)4)19-16(5)13(18)14(2)8-9-14/h7H,6,8-10H2,1-5H3/b11-7-. The van der Waals surface area contributed by atoms with E-state index < -0.39 is 0 Å². The van der Waals surface area contributed by atoms with Crippen LogP contribution in [0.25, 0.3) is 0 Å². The molecular formula is C14H24N2OS3. The lowest BCUT2D eigenvalue weighted by molar-refractivity contribution is -0.110. The van der Waals surface area contributed by atoms with Crippen LogP contribution in [0.5, 0.6) is 0 Å². The van der Waals surface area contributed by atoms with Gasteiger partial charge in [0, 0.05) is 17.4 Å². The van der Waals surface area contributed by atoms with Crippen molar-refractivity contribution in [1.29, 1.82) is 0 Å². The van der Waals surface area contributed by atoms with E-state index in [4.69, 9.17) is 12.2 Å². The van der Waals surface area contributed by atoms with E-state index >= 15 is 0 Å². The van der Waals surface area contributed by atoms with E-state index in [9.17, 15) is 4.79 Å². The van der Waals surface area contributed by atoms with Crippen LogP contribution in [0.15, 0.2) is 11.0 Å². The molecule has 0 aliphatic heterocycles. The molecular weight excluding hydrogens is 308 g/mol. The first-order valence-corrected chi connectivity index (χ1v) is 8.77. The number of carbonyl (C=O) groups excluding carboxylic acids is 1. The summed E-state index contributed by atoms with van der Waals surface area (Å²) >= 11 is 8.39. The van der Waals surface area contributed by atoms with Crippen molar-refractivity contribution in [3.05, 3.63) is 11.0 Å². The molecule has 0 aromatic heterocycles. The minimum Gasteiger partial charge on any atom is -0.309 e. The second-order valence-corrected chi connectivity index (χ2v) is 8.50. The summed E-state index contributed by atoms with van der Waals surface area (Å²) in [7, 11) is 5.77. The molecule has 3 nitrogen and oxygen atoms in total. The Bertz CT molecular complexity index is 403. The van der Waals surface area contributed by atoms with E-state index in [2.05, 4.69) is 24.2 Å². The monoisotopic (exact) mass is 332 g/mol. The Morgan fingerprint density at radius 1 is 1.30 bits per heavy atom. The van der Waals surface area contributed by atoms with Crippen LogP contribution in [0, 0.1) is 5.41 Å². The van der Waals surface area contributed by atoms with Gasteiger partial charge in [-0.15, -0.1) is 0 Å². The van der Waals surface area contributed by atoms with E-state index in [-0.39, 0.29) is 10.5 Å². The summed E-state index contributed by atoms with van der Waals surface area (Å²) < 4.78 is 3.88. The van der Waals surface area contributed by atoms with Gasteiger partial charge in [0.2, 0.25) is 5.12 Å². The molecule has 0 atom stereocenters. The molecule has 6 heteroatoms. The van der Waals surface area contributed by atoms with E-state index in [1.54, 1.807) is 11.9 Å². The fourth-order valence-corrected chi connectivity index (χ4v) is 3.87. The zero-order valence-electron chi connectivity index (χ0n) is 12.9. The SMILES string of the molecule is CC/C=C(/CC(=O)SN(C)C)SN(C)C(=S)C1(C)CC1. The highest BCUT2D eigenvalue weighted by atomic mass is 32.2. The van der Waals surface area contributed by atoms with Crippen LogP contribution in [0.3, 0.4) is 0 Å². The second kappa shape index (κ2) is 7.82. The van der Waals surface area contributed by atoms with Crippen LogP contribution in [0.4, 0.5) is 0 Å². The number of thiocarbonyl (C=S) groups is 1. The Hall–Kier alpha value is -0.0400. The van der Waals surface area contributed by atoms with Gasteiger partial charge in [0.15, 0.2) is 0 Å². The van der Waals surface area contributed by atoms with Crippen molar-refractivity contribution in [1.82, 2.24) is 8.61 Å². The highest BCUT2D eigenvalue weighted by Gasteiger charge is 2.43. The molecule has 0 bridgehead atoms. The fraction of sp³-hybridized carbons (Fsp3) is 0.714. The topological polar surface area (TPSA) is 23.6 Å². The molecule has 1 aliphatic carbocycles. The minimum atomic E-state index is 0.166. The summed E-state index contributed by atoms with van der Waals surface area (Å²) in [5.74, 6) is 0. The van der Waals surface area contributed by atoms with Crippen molar-refractivity contribution < 1.29 is 4.79 Å². The highest BCUT2D eigenvalue weighted by Crippen LogP contribution is 2.48. The van der Waals surface area contributed by atoms with Crippen LogP contribution in [-0.4, -0.2) is 39.9 Å². The van der Waals surface area contributed by atoms with Gasteiger partial charge in [-0.1, -0.05) is 32.1 Å². The molecule has 0 N–H and O–H groups in total. The van der Waals surface area contributed by atoms with Gasteiger partial charge in [-0.3, -0.25) is 9.10 Å². The summed E-state index contributed by atoms with van der Waals surface area (Å²) in [6.07, 6.45) is 5.87. The Labute approximate surface area is 136 Å². The van der Waals surface area contributed by atoms with E-state index in [0.29, 0.717) is 6.42 Å². The fourth-order valence-electron chi connectivity index (χ4n) is 1.75. The number of carbonyl (C=O) groups is 1. The third-order valence-electron chi connectivity index (χ3n) is 3.09. The Balaban J connectivity index is 2.56. The average molecular weight is 333 g/mol. The molecule has 0 radical (unpaired) electrons. The number of nitrogens with zero attached hydrogens (tertiary/aromatic N) is 2. The predicted molar refractivity (Wildman–Crippen MR) is 94.6 cm³/mol. The lowest BCUT2D eigenvalue weighted by Gasteiger charge is -2.24. The largest absolute Gasteiger partial charge is 0.309 e. The maximum Gasteiger partial charge on any atom is 0.208 e. The molecule has 20 heavy (non-hydrogen) atoms. The van der Waals surface area contributed by atoms with Gasteiger partial charge >= 0.3 is 0 Å². The van der Waals surface area contributed by atoms with Crippen molar-refractivity contribution >= 4 is 46.2 Å². The van der Waals surface area contributed by atoms with Gasteiger partial charge in [0.05, 0.1) is 11.4 Å². The molecule has 0 heterocycles. The van der Waals surface area contributed by atoms with Crippen LogP contribution in [0.1, 0.15) is 39.5 Å². The van der Waals surface area contributed by atoms with Crippen molar-refractivity contribution in [3.8, 4) is 0 Å². The van der Waals surface area contributed by atoms with E-state index in [0.717, 1.165) is 16.3 Å². The zero-order chi connectivity index (χ0) is 15.3. The van der Waals surface area contributed by atoms with Gasteiger partial charge in [0.1, 0.15) is 0 Å². The van der Waals surface area contributed by atoms with Gasteiger partial charge in [-0.05, 0) is 57.3 Å². The lowest BCUT2D eigenvalue weighted by Crippen LogP contribution is -2.25. The highest BCUT2D eigenvalue weighted by molar-refractivity contribution is 8.11. The first-order valence-electron chi connectivity index (χ1n) is 6.82. The lowest BCUT2D eigenvalue weighted by atomic mass is 10.1. The summed E-state index contributed by atoms with van der Waals surface area (Å²) in [5.41, 5.74) is 0.205. The summed E-state index contributed by atoms with van der Waals surface area (Å²) in [6.45, 7) is 4.30. The zero-order valence-corrected chi connectivity index (χ0v) is 15.4. The average Bonchev–Trinajstić information content (AvgIpc) is 3.06. The number of hydrogen-bond donors (Lipinski definition) is 0. The van der Waals surface area contributed by atoms with Crippen molar-refractivity contribution in [2.24, 2.45) is 5.41 Å². The van der Waals surface area contributed by atoms with Crippen LogP contribution in [0.2, 0.25) is 0 Å². The molecule has 0 aromatic rings. The Kier molecular flexibility index (Phi) is 7.04. The maximum absolute atomic E-state index is 11.9. The van der Waals surface area contributed by atoms with Gasteiger partial charge in [-0.2, -0.15) is 0 Å². The molecule has 0 unspecified atom stereocenters. The molecule has 1 rings (SSSR count). The van der Waals surface area contributed by atoms with Crippen molar-refractivity contribution in [2.45, 2.75) is 39.5 Å². The smallest absolute Gasteiger partial charge is 0.208 e. The quantitative estimate of drug-likeness (QED) is 0.513. The number of allylic oxidation sites excluding steroid dienone is 2. The normalized spacial score (nSPS) is 17.2. The molecule has 0 saturated heterocycles. The van der Waals surface area contributed by atoms with Gasteiger partial charge in [0.25, 0.3) is 0 Å². The number of hydrogen-bond acceptors (Lipinski definition) is 5. The van der Waals surface area contributed by atoms with Crippen LogP contribution >= 0.6 is 36.1 Å². The summed E-state index contributed by atoms with van der Waals surface area (Å²) in [4.78, 5) is 14.0. The third kappa shape index (κ3) is 5.76. The molecule has 0 amide bonds. The second-order valence-electron chi connectivity index (χ2n) is 5.49. The van der Waals surface area contributed by atoms with E-state index in [1.807, 2.05) is 25.4 Å². The molecule has 0 aromatic carbocycles. The van der Waals surface area contributed by atoms with E-state index in [1.165, 1.54) is 24.8 Å². The minimum absolute atomic E-state index is 0.166. The summed E-state index contributed by atoms with van der Waals surface area (Å²) in [5, 5.41) is 0.166. The predicted octanol–water partition coefficient (Wildman–Crippen LogP) is 4.11. The van der Waals surface area contributed by atoms with Crippen LogP contribution in [-0.2, 0) is 4.79 Å². The first-order chi connectivity index (χ1) is 9.28. The van der Waals surface area contributed by atoms with Crippen LogP contribution < -0.4 is 0 Å². The molecule has 0 spiro atoms. The molecule has 1 saturated carbocycles. The Morgan fingerprint density at radius 2 is 1.90 bits per heavy atom. The van der Waals surface area contributed by atoms with Crippen molar-refractivity contribution in [3.63, 3.8) is 0 Å². The molecule has 114 valence electrons. The Morgan fingerprint density at radius 3 is 2.35 bits per heavy atom. The van der Waals surface area contributed by atoms with Gasteiger partial charge in [-0.25, -0.2) is 0 Å². The van der Waals surface area contributed by atoms with Gasteiger partial charge < -0.3 is 4.31 Å². The third-order valence-corrected chi connectivity index (χ3v) is 5.69. The maximum atomic E-state index is 11.9. The first kappa shape index (κ1) is 18.0.